The van der Waals surface area contributed by atoms with Crippen LogP contribution in [0, 0.1) is 0 Å². The molecule has 2 aromatic carbocycles. The first-order valence-corrected chi connectivity index (χ1v) is 12.9. The number of nitrogens with zero attached hydrogens (tertiary/aromatic N) is 1. The maximum absolute atomic E-state index is 13.5. The molecular formula is C24H33N3O4S2. The summed E-state index contributed by atoms with van der Waals surface area (Å²) in [5, 5.41) is 3.31. The van der Waals surface area contributed by atoms with Crippen LogP contribution in [-0.4, -0.2) is 52.2 Å². The average molecular weight is 492 g/mol. The number of likely N-dealkylation sites (tertiary alicyclic amines) is 1. The lowest BCUT2D eigenvalue weighted by molar-refractivity contribution is -0.124. The Kier molecular flexibility index (Phi) is 7.97. The molecule has 1 saturated carbocycles. The van der Waals surface area contributed by atoms with Crippen LogP contribution in [0.4, 0.5) is 5.69 Å². The number of ether oxygens (including phenoxy) is 1. The molecule has 1 aliphatic heterocycles. The van der Waals surface area contributed by atoms with E-state index in [0.717, 1.165) is 49.9 Å². The molecule has 180 valence electrons. The number of amides is 1. The van der Waals surface area contributed by atoms with Crippen LogP contribution in [0.25, 0.3) is 0 Å². The van der Waals surface area contributed by atoms with E-state index in [2.05, 4.69) is 27.1 Å². The van der Waals surface area contributed by atoms with Gasteiger partial charge in [0.15, 0.2) is 0 Å². The zero-order valence-corrected chi connectivity index (χ0v) is 21.0. The van der Waals surface area contributed by atoms with Crippen LogP contribution < -0.4 is 14.8 Å². The average Bonchev–Trinajstić information content (AvgIpc) is 3.43. The summed E-state index contributed by atoms with van der Waals surface area (Å²) in [5.74, 6) is 0.410. The lowest BCUT2D eigenvalue weighted by Gasteiger charge is -2.27. The molecule has 2 fully saturated rings. The van der Waals surface area contributed by atoms with E-state index in [9.17, 15) is 13.2 Å². The van der Waals surface area contributed by atoms with Gasteiger partial charge in [-0.2, -0.15) is 13.5 Å². The molecule has 4 rings (SSSR count). The standard InChI is InChI=1S/C24H31N3O4S.H2S/c1-31-22-11-10-19(16-20(22)26-32(2,29)30)24(12-13-24)23(28)25-21(17-27-14-6-7-15-27)18-8-4-3-5-9-18;/h3-5,8-11,16,21,26H,6-7,12-15,17H2,1-2H3,(H,25,28);1H2/t21-;/m1./s1. The fraction of sp³-hybridized carbons (Fsp3) is 0.458. The Morgan fingerprint density at radius 2 is 1.79 bits per heavy atom. The highest BCUT2D eigenvalue weighted by Gasteiger charge is 2.52. The fourth-order valence-electron chi connectivity index (χ4n) is 4.50. The van der Waals surface area contributed by atoms with Gasteiger partial charge in [-0.3, -0.25) is 9.52 Å². The molecule has 33 heavy (non-hydrogen) atoms. The SMILES string of the molecule is COc1ccc(C2(C(=O)N[C@H](CN3CCCC3)c3ccccc3)CC2)cc1NS(C)(=O)=O.S. The molecule has 1 amide bonds. The number of hydrogen-bond acceptors (Lipinski definition) is 5. The molecule has 0 spiro atoms. The Bertz CT molecular complexity index is 1070. The molecule has 0 unspecified atom stereocenters. The highest BCUT2D eigenvalue weighted by molar-refractivity contribution is 7.92. The Labute approximate surface area is 203 Å². The molecular weight excluding hydrogens is 458 g/mol. The van der Waals surface area contributed by atoms with Gasteiger partial charge in [-0.1, -0.05) is 36.4 Å². The van der Waals surface area contributed by atoms with Gasteiger partial charge in [0.1, 0.15) is 5.75 Å². The number of carbonyl (C=O) groups is 1. The molecule has 7 nitrogen and oxygen atoms in total. The van der Waals surface area contributed by atoms with E-state index in [4.69, 9.17) is 4.74 Å². The number of hydrogen-bond donors (Lipinski definition) is 2. The van der Waals surface area contributed by atoms with E-state index in [-0.39, 0.29) is 25.4 Å². The second-order valence-electron chi connectivity index (χ2n) is 8.82. The molecule has 2 aliphatic rings. The van der Waals surface area contributed by atoms with Crippen molar-refractivity contribution >= 4 is 35.1 Å². The van der Waals surface area contributed by atoms with E-state index in [1.165, 1.54) is 20.0 Å². The van der Waals surface area contributed by atoms with Crippen LogP contribution in [0.15, 0.2) is 48.5 Å². The third-order valence-electron chi connectivity index (χ3n) is 6.38. The number of methoxy groups -OCH3 is 1. The van der Waals surface area contributed by atoms with E-state index in [1.54, 1.807) is 12.1 Å². The highest BCUT2D eigenvalue weighted by Crippen LogP contribution is 2.50. The third-order valence-corrected chi connectivity index (χ3v) is 6.97. The number of benzene rings is 2. The number of nitrogens with one attached hydrogen (secondary N) is 2. The predicted molar refractivity (Wildman–Crippen MR) is 136 cm³/mol. The molecule has 0 radical (unpaired) electrons. The van der Waals surface area contributed by atoms with Gasteiger partial charge in [-0.15, -0.1) is 0 Å². The normalized spacial score (nSPS) is 18.1. The zero-order valence-electron chi connectivity index (χ0n) is 19.1. The zero-order chi connectivity index (χ0) is 22.8. The summed E-state index contributed by atoms with van der Waals surface area (Å²) < 4.78 is 31.4. The van der Waals surface area contributed by atoms with Crippen molar-refractivity contribution in [2.45, 2.75) is 37.1 Å². The van der Waals surface area contributed by atoms with Crippen molar-refractivity contribution in [1.29, 1.82) is 0 Å². The Morgan fingerprint density at radius 1 is 1.12 bits per heavy atom. The van der Waals surface area contributed by atoms with Crippen molar-refractivity contribution in [1.82, 2.24) is 10.2 Å². The van der Waals surface area contributed by atoms with Crippen molar-refractivity contribution in [3.63, 3.8) is 0 Å². The lowest BCUT2D eigenvalue weighted by Crippen LogP contribution is -2.41. The molecule has 1 saturated heterocycles. The minimum absolute atomic E-state index is 0. The van der Waals surface area contributed by atoms with E-state index in [1.807, 2.05) is 24.3 Å². The first kappa shape index (κ1) is 25.4. The fourth-order valence-corrected chi connectivity index (χ4v) is 5.06. The summed E-state index contributed by atoms with van der Waals surface area (Å²) >= 11 is 0. The van der Waals surface area contributed by atoms with Crippen LogP contribution in [0.2, 0.25) is 0 Å². The van der Waals surface area contributed by atoms with Crippen LogP contribution in [-0.2, 0) is 20.2 Å². The van der Waals surface area contributed by atoms with Crippen molar-refractivity contribution in [3.8, 4) is 5.75 Å². The molecule has 2 N–H and O–H groups in total. The smallest absolute Gasteiger partial charge is 0.231 e. The number of carbonyl (C=O) groups excluding carboxylic acids is 1. The molecule has 1 heterocycles. The summed E-state index contributed by atoms with van der Waals surface area (Å²) in [6.45, 7) is 2.90. The summed E-state index contributed by atoms with van der Waals surface area (Å²) in [5.41, 5.74) is 1.61. The van der Waals surface area contributed by atoms with Gasteiger partial charge in [0.25, 0.3) is 0 Å². The largest absolute Gasteiger partial charge is 0.495 e. The first-order chi connectivity index (χ1) is 15.3. The lowest BCUT2D eigenvalue weighted by atomic mass is 9.93. The first-order valence-electron chi connectivity index (χ1n) is 11.1. The maximum atomic E-state index is 13.5. The van der Waals surface area contributed by atoms with Gasteiger partial charge in [0, 0.05) is 6.54 Å². The summed E-state index contributed by atoms with van der Waals surface area (Å²) in [7, 11) is -1.99. The van der Waals surface area contributed by atoms with Crippen molar-refractivity contribution in [2.24, 2.45) is 0 Å². The van der Waals surface area contributed by atoms with Crippen LogP contribution >= 0.6 is 13.5 Å². The van der Waals surface area contributed by atoms with Gasteiger partial charge in [0.05, 0.1) is 30.5 Å². The van der Waals surface area contributed by atoms with Crippen LogP contribution in [0.3, 0.4) is 0 Å². The maximum Gasteiger partial charge on any atom is 0.231 e. The highest BCUT2D eigenvalue weighted by atomic mass is 32.2. The molecule has 0 bridgehead atoms. The van der Waals surface area contributed by atoms with E-state index >= 15 is 0 Å². The molecule has 1 aliphatic carbocycles. The monoisotopic (exact) mass is 491 g/mol. The molecule has 1 atom stereocenters. The number of rotatable bonds is 9. The van der Waals surface area contributed by atoms with Gasteiger partial charge in [0.2, 0.25) is 15.9 Å². The quantitative estimate of drug-likeness (QED) is 0.563. The second-order valence-corrected chi connectivity index (χ2v) is 10.6. The van der Waals surface area contributed by atoms with E-state index in [0.29, 0.717) is 11.4 Å². The van der Waals surface area contributed by atoms with E-state index < -0.39 is 15.4 Å². The van der Waals surface area contributed by atoms with Crippen LogP contribution in [0.5, 0.6) is 5.75 Å². The van der Waals surface area contributed by atoms with Crippen molar-refractivity contribution in [3.05, 3.63) is 59.7 Å². The summed E-state index contributed by atoms with van der Waals surface area (Å²) in [6.07, 6.45) is 4.95. The van der Waals surface area contributed by atoms with Crippen molar-refractivity contribution in [2.75, 3.05) is 37.7 Å². The number of sulfonamides is 1. The Balaban J connectivity index is 0.00000306. The second kappa shape index (κ2) is 10.4. The minimum atomic E-state index is -3.48. The van der Waals surface area contributed by atoms with Crippen molar-refractivity contribution < 1.29 is 17.9 Å². The predicted octanol–water partition coefficient (Wildman–Crippen LogP) is 3.16. The topological polar surface area (TPSA) is 87.7 Å². The molecule has 2 aromatic rings. The molecule has 9 heteroatoms. The summed E-state index contributed by atoms with van der Waals surface area (Å²) in [4.78, 5) is 15.9. The third kappa shape index (κ3) is 6.02. The Hall–Kier alpha value is -2.23. The van der Waals surface area contributed by atoms with Gasteiger partial charge >= 0.3 is 0 Å². The van der Waals surface area contributed by atoms with Crippen LogP contribution in [0.1, 0.15) is 42.9 Å². The van der Waals surface area contributed by atoms with Gasteiger partial charge in [-0.05, 0) is 62.0 Å². The number of anilines is 1. The summed E-state index contributed by atoms with van der Waals surface area (Å²) in [6, 6.07) is 15.3. The minimum Gasteiger partial charge on any atom is -0.495 e. The Morgan fingerprint density at radius 3 is 2.36 bits per heavy atom. The molecule has 0 aromatic heterocycles. The van der Waals surface area contributed by atoms with Gasteiger partial charge < -0.3 is 15.0 Å². The van der Waals surface area contributed by atoms with Gasteiger partial charge in [-0.25, -0.2) is 8.42 Å².